The number of carbonyl (C=O) groups is 2. The van der Waals surface area contributed by atoms with E-state index in [1.165, 1.54) is 10.6 Å². The number of hydrogen-bond donors (Lipinski definition) is 3. The molecule has 0 bridgehead atoms. The summed E-state index contributed by atoms with van der Waals surface area (Å²) < 4.78 is 5.18. The van der Waals surface area contributed by atoms with E-state index in [0.717, 1.165) is 30.5 Å². The summed E-state index contributed by atoms with van der Waals surface area (Å²) in [5.41, 5.74) is 12.6. The lowest BCUT2D eigenvalue weighted by molar-refractivity contribution is -0.106. The molecule has 0 aliphatic rings. The zero-order chi connectivity index (χ0) is 25.9. The number of nitrogens with two attached hydrogens (primary N) is 1. The van der Waals surface area contributed by atoms with Crippen LogP contribution in [0, 0.1) is 0 Å². The second-order valence-electron chi connectivity index (χ2n) is 8.06. The number of allylic oxidation sites excluding steroid dienone is 4. The van der Waals surface area contributed by atoms with E-state index in [9.17, 15) is 4.79 Å². The number of carbonyl (C=O) groups excluding carboxylic acids is 2. The lowest BCUT2D eigenvalue weighted by atomic mass is 10.0. The minimum absolute atomic E-state index is 0. The molecule has 196 valence electrons. The molecular formula is C26H48N4O3S. The summed E-state index contributed by atoms with van der Waals surface area (Å²) in [7, 11) is 0. The van der Waals surface area contributed by atoms with Crippen molar-refractivity contribution in [3.63, 3.8) is 0 Å². The summed E-state index contributed by atoms with van der Waals surface area (Å²) in [4.78, 5) is 24.9. The molecule has 1 aromatic heterocycles. The summed E-state index contributed by atoms with van der Waals surface area (Å²) >= 11 is 1.74. The van der Waals surface area contributed by atoms with Crippen molar-refractivity contribution in [2.45, 2.75) is 93.6 Å². The molecule has 7 nitrogen and oxygen atoms in total. The van der Waals surface area contributed by atoms with Crippen LogP contribution < -0.4 is 16.6 Å². The Kier molecular flexibility index (Phi) is 22.4. The number of nitrogens with zero attached hydrogens (tertiary/aromatic N) is 1. The summed E-state index contributed by atoms with van der Waals surface area (Å²) in [6.07, 6.45) is 8.56. The molecule has 1 aromatic rings. The van der Waals surface area contributed by atoms with Gasteiger partial charge in [0, 0.05) is 17.8 Å². The highest BCUT2D eigenvalue weighted by molar-refractivity contribution is 7.09. The van der Waals surface area contributed by atoms with Crippen molar-refractivity contribution in [3.8, 4) is 0 Å². The van der Waals surface area contributed by atoms with Crippen LogP contribution in [0.3, 0.4) is 0 Å². The Hall–Kier alpha value is -2.45. The first-order valence-electron chi connectivity index (χ1n) is 11.4. The maximum absolute atomic E-state index is 11.6. The number of aromatic nitrogens is 1. The highest BCUT2D eigenvalue weighted by Crippen LogP contribution is 2.21. The van der Waals surface area contributed by atoms with E-state index in [-0.39, 0.29) is 13.8 Å². The minimum Gasteiger partial charge on any atom is -0.443 e. The van der Waals surface area contributed by atoms with Crippen molar-refractivity contribution < 1.29 is 14.3 Å². The molecule has 2 amide bonds. The van der Waals surface area contributed by atoms with Crippen molar-refractivity contribution in [3.05, 3.63) is 52.0 Å². The van der Waals surface area contributed by atoms with E-state index in [2.05, 4.69) is 61.5 Å². The third-order valence-electron chi connectivity index (χ3n) is 3.87. The van der Waals surface area contributed by atoms with E-state index >= 15 is 0 Å². The van der Waals surface area contributed by atoms with Gasteiger partial charge in [0.05, 0.1) is 10.7 Å². The number of aryl methyl sites for hydroxylation is 1. The lowest BCUT2D eigenvalue weighted by Crippen LogP contribution is -2.41. The van der Waals surface area contributed by atoms with Gasteiger partial charge in [-0.1, -0.05) is 65.5 Å². The first-order valence-corrected chi connectivity index (χ1v) is 12.2. The first-order chi connectivity index (χ1) is 15.6. The van der Waals surface area contributed by atoms with Crippen LogP contribution in [0.4, 0.5) is 4.79 Å². The summed E-state index contributed by atoms with van der Waals surface area (Å²) in [5.74, 6) is 0.481. The van der Waals surface area contributed by atoms with Gasteiger partial charge in [-0.3, -0.25) is 10.2 Å². The molecule has 0 spiro atoms. The van der Waals surface area contributed by atoms with E-state index in [0.29, 0.717) is 12.5 Å². The van der Waals surface area contributed by atoms with Gasteiger partial charge < -0.3 is 10.5 Å². The van der Waals surface area contributed by atoms with Crippen LogP contribution in [0.25, 0.3) is 0 Å². The number of thiazole rings is 1. The lowest BCUT2D eigenvalue weighted by Gasteiger charge is -2.19. The van der Waals surface area contributed by atoms with Gasteiger partial charge in [0.2, 0.25) is 6.41 Å². The van der Waals surface area contributed by atoms with Gasteiger partial charge in [0.25, 0.3) is 0 Å². The van der Waals surface area contributed by atoms with Crippen molar-refractivity contribution in [1.82, 2.24) is 15.8 Å². The predicted octanol–water partition coefficient (Wildman–Crippen LogP) is 6.44. The average molecular weight is 497 g/mol. The second-order valence-corrected chi connectivity index (χ2v) is 8.95. The molecule has 0 atom stereocenters. The standard InChI is InChI=1S/C22H35N3O2S.C2H6.CH3NO.CH4/c1-8-17(10-11-19-15-28-20(24-19)16(3)4)14-18(9-2)12-13-23-25-21(26)27-22(5,6)7;1-2;2-1-3;/h8-9,14-16,23H,2,10-13H2,1,3-7H3,(H,25,26);1-2H3;1H,(H2,2,3);1H4/b17-8-,18-14+;;;. The zero-order valence-electron chi connectivity index (χ0n) is 21.7. The summed E-state index contributed by atoms with van der Waals surface area (Å²) in [6, 6.07) is 0. The van der Waals surface area contributed by atoms with E-state index in [1.54, 1.807) is 11.3 Å². The Morgan fingerprint density at radius 2 is 1.85 bits per heavy atom. The SMILES string of the molecule is C.C=C/C(=C\C(=C/C)CCc1csc(C(C)C)n1)CCNNC(=O)OC(C)(C)C.CC.NC=O. The fraction of sp³-hybridized carbons (Fsp3) is 0.577. The van der Waals surface area contributed by atoms with Crippen LogP contribution in [-0.4, -0.2) is 29.6 Å². The summed E-state index contributed by atoms with van der Waals surface area (Å²) in [5, 5.41) is 3.36. The second kappa shape index (κ2) is 21.1. The predicted molar refractivity (Wildman–Crippen MR) is 147 cm³/mol. The third kappa shape index (κ3) is 19.1. The Balaban J connectivity index is -0.00000148. The molecule has 0 unspecified atom stereocenters. The molecule has 1 rings (SSSR count). The zero-order valence-corrected chi connectivity index (χ0v) is 22.5. The Morgan fingerprint density at radius 1 is 1.26 bits per heavy atom. The van der Waals surface area contributed by atoms with Gasteiger partial charge >= 0.3 is 6.09 Å². The minimum atomic E-state index is -0.508. The fourth-order valence-corrected chi connectivity index (χ4v) is 3.26. The van der Waals surface area contributed by atoms with Crippen molar-refractivity contribution in [2.75, 3.05) is 6.54 Å². The van der Waals surface area contributed by atoms with Crippen LogP contribution >= 0.6 is 11.3 Å². The van der Waals surface area contributed by atoms with Gasteiger partial charge in [-0.05, 0) is 52.5 Å². The van der Waals surface area contributed by atoms with Crippen molar-refractivity contribution in [2.24, 2.45) is 5.73 Å². The molecule has 0 saturated heterocycles. The molecule has 0 saturated carbocycles. The van der Waals surface area contributed by atoms with E-state index in [1.807, 2.05) is 40.7 Å². The largest absolute Gasteiger partial charge is 0.443 e. The molecule has 34 heavy (non-hydrogen) atoms. The molecule has 1 heterocycles. The van der Waals surface area contributed by atoms with Gasteiger partial charge in [0.1, 0.15) is 5.60 Å². The fourth-order valence-electron chi connectivity index (χ4n) is 2.39. The highest BCUT2D eigenvalue weighted by Gasteiger charge is 2.15. The molecular weight excluding hydrogens is 448 g/mol. The molecule has 0 aliphatic carbocycles. The Morgan fingerprint density at radius 3 is 2.29 bits per heavy atom. The highest BCUT2D eigenvalue weighted by atomic mass is 32.1. The maximum Gasteiger partial charge on any atom is 0.422 e. The average Bonchev–Trinajstić information content (AvgIpc) is 3.23. The number of nitrogens with one attached hydrogen (secondary N) is 2. The molecule has 0 radical (unpaired) electrons. The number of rotatable bonds is 10. The number of ether oxygens (including phenoxy) is 1. The van der Waals surface area contributed by atoms with E-state index < -0.39 is 11.7 Å². The monoisotopic (exact) mass is 496 g/mol. The number of hydrogen-bond acceptors (Lipinski definition) is 6. The van der Waals surface area contributed by atoms with Gasteiger partial charge in [-0.25, -0.2) is 15.2 Å². The Bertz CT molecular complexity index is 747. The quantitative estimate of drug-likeness (QED) is 0.149. The topological polar surface area (TPSA) is 106 Å². The maximum atomic E-state index is 11.6. The summed E-state index contributed by atoms with van der Waals surface area (Å²) in [6.45, 7) is 20.4. The van der Waals surface area contributed by atoms with Crippen LogP contribution in [0.5, 0.6) is 0 Å². The molecule has 0 aromatic carbocycles. The van der Waals surface area contributed by atoms with Crippen molar-refractivity contribution in [1.29, 1.82) is 0 Å². The molecule has 4 N–H and O–H groups in total. The first kappa shape index (κ1) is 36.1. The van der Waals surface area contributed by atoms with Gasteiger partial charge in [0.15, 0.2) is 0 Å². The van der Waals surface area contributed by atoms with Gasteiger partial charge in [-0.2, -0.15) is 0 Å². The molecule has 0 fully saturated rings. The van der Waals surface area contributed by atoms with Crippen molar-refractivity contribution >= 4 is 23.8 Å². The number of amides is 2. The van der Waals surface area contributed by atoms with Gasteiger partial charge in [-0.15, -0.1) is 11.3 Å². The normalized spacial score (nSPS) is 11.2. The smallest absolute Gasteiger partial charge is 0.422 e. The van der Waals surface area contributed by atoms with E-state index in [4.69, 9.17) is 14.5 Å². The number of primary amides is 1. The Labute approximate surface area is 211 Å². The van der Waals surface area contributed by atoms with Crippen LogP contribution in [0.15, 0.2) is 41.3 Å². The molecule has 8 heteroatoms. The number of hydrazine groups is 1. The van der Waals surface area contributed by atoms with Crippen LogP contribution in [0.1, 0.15) is 92.3 Å². The van der Waals surface area contributed by atoms with Crippen LogP contribution in [-0.2, 0) is 16.0 Å². The third-order valence-corrected chi connectivity index (χ3v) is 5.06. The molecule has 0 aliphatic heterocycles. The van der Waals surface area contributed by atoms with Crippen LogP contribution in [0.2, 0.25) is 0 Å².